The highest BCUT2D eigenvalue weighted by Gasteiger charge is 2.24. The highest BCUT2D eigenvalue weighted by molar-refractivity contribution is 5.97. The molecule has 12 nitrogen and oxygen atoms in total. The summed E-state index contributed by atoms with van der Waals surface area (Å²) in [5.74, 6) is -1.10. The molecule has 2 heterocycles. The standard InChI is InChI=1S/C24H31N7O5/c1-4-35-18(32)11-10-17(23(34)36-5-2)28-22(33)14-6-8-16(9-7-14)31(3)13-15-12-27-21-19(15)20(25)29-24(26)30-21/h6-9,12,17H,4-5,10-11,13H2,1-3H3,(H,28,33)(H5,25,26,27,29,30)/t17-/m0/s1. The smallest absolute Gasteiger partial charge is 0.328 e. The number of nitrogen functional groups attached to an aromatic ring is 2. The van der Waals surface area contributed by atoms with Crippen molar-refractivity contribution in [2.24, 2.45) is 0 Å². The van der Waals surface area contributed by atoms with Gasteiger partial charge in [-0.15, -0.1) is 0 Å². The minimum atomic E-state index is -0.965. The minimum Gasteiger partial charge on any atom is -0.466 e. The summed E-state index contributed by atoms with van der Waals surface area (Å²) in [5.41, 5.74) is 14.4. The lowest BCUT2D eigenvalue weighted by molar-refractivity contribution is -0.146. The number of hydrogen-bond donors (Lipinski definition) is 4. The zero-order chi connectivity index (χ0) is 26.2. The van der Waals surface area contributed by atoms with Gasteiger partial charge in [0.05, 0.1) is 18.6 Å². The third kappa shape index (κ3) is 6.40. The summed E-state index contributed by atoms with van der Waals surface area (Å²) in [6, 6.07) is 5.93. The molecule has 1 atom stereocenters. The molecule has 6 N–H and O–H groups in total. The Balaban J connectivity index is 1.67. The number of hydrogen-bond acceptors (Lipinski definition) is 10. The first kappa shape index (κ1) is 26.3. The van der Waals surface area contributed by atoms with Crippen molar-refractivity contribution in [3.8, 4) is 0 Å². The predicted octanol–water partition coefficient (Wildman–Crippen LogP) is 1.76. The number of carbonyl (C=O) groups is 3. The quantitative estimate of drug-likeness (QED) is 0.285. The molecule has 0 saturated carbocycles. The van der Waals surface area contributed by atoms with Crippen LogP contribution in [0.4, 0.5) is 17.5 Å². The SMILES string of the molecule is CCOC(=O)CC[C@H](NC(=O)c1ccc(N(C)Cc2c[nH]c3nc(N)nc(N)c23)cc1)C(=O)OCC. The number of fused-ring (bicyclic) bond motifs is 1. The van der Waals surface area contributed by atoms with Crippen LogP contribution in [0.5, 0.6) is 0 Å². The predicted molar refractivity (Wildman–Crippen MR) is 135 cm³/mol. The van der Waals surface area contributed by atoms with E-state index in [4.69, 9.17) is 20.9 Å². The van der Waals surface area contributed by atoms with Gasteiger partial charge < -0.3 is 36.1 Å². The Hall–Kier alpha value is -4.35. The van der Waals surface area contributed by atoms with Gasteiger partial charge >= 0.3 is 11.9 Å². The van der Waals surface area contributed by atoms with Gasteiger partial charge in [0.1, 0.15) is 17.5 Å². The molecule has 1 amide bonds. The molecular weight excluding hydrogens is 466 g/mol. The number of benzene rings is 1. The van der Waals surface area contributed by atoms with Crippen LogP contribution >= 0.6 is 0 Å². The molecule has 0 unspecified atom stereocenters. The van der Waals surface area contributed by atoms with E-state index in [1.54, 1.807) is 44.3 Å². The van der Waals surface area contributed by atoms with E-state index in [9.17, 15) is 14.4 Å². The Labute approximate surface area is 208 Å². The van der Waals surface area contributed by atoms with Gasteiger partial charge in [0.2, 0.25) is 5.95 Å². The summed E-state index contributed by atoms with van der Waals surface area (Å²) >= 11 is 0. The van der Waals surface area contributed by atoms with Crippen molar-refractivity contribution in [3.05, 3.63) is 41.6 Å². The number of nitrogens with two attached hydrogens (primary N) is 2. The van der Waals surface area contributed by atoms with Crippen LogP contribution in [0.2, 0.25) is 0 Å². The second-order valence-corrected chi connectivity index (χ2v) is 8.03. The molecule has 192 valence electrons. The number of carbonyl (C=O) groups excluding carboxylic acids is 3. The van der Waals surface area contributed by atoms with Crippen molar-refractivity contribution >= 4 is 46.3 Å². The van der Waals surface area contributed by atoms with E-state index in [0.29, 0.717) is 29.0 Å². The number of esters is 2. The number of aromatic amines is 1. The topological polar surface area (TPSA) is 179 Å². The largest absolute Gasteiger partial charge is 0.466 e. The molecule has 0 spiro atoms. The summed E-state index contributed by atoms with van der Waals surface area (Å²) in [7, 11) is 1.90. The van der Waals surface area contributed by atoms with Gasteiger partial charge in [-0.3, -0.25) is 9.59 Å². The first-order valence-corrected chi connectivity index (χ1v) is 11.6. The van der Waals surface area contributed by atoms with Gasteiger partial charge in [-0.25, -0.2) is 4.79 Å². The Morgan fingerprint density at radius 1 is 1.08 bits per heavy atom. The molecule has 3 aromatic rings. The normalized spacial score (nSPS) is 11.6. The Kier molecular flexibility index (Phi) is 8.66. The zero-order valence-corrected chi connectivity index (χ0v) is 20.5. The molecule has 1 aromatic carbocycles. The molecular formula is C24H31N7O5. The highest BCUT2D eigenvalue weighted by Crippen LogP contribution is 2.25. The molecule has 0 bridgehead atoms. The summed E-state index contributed by atoms with van der Waals surface area (Å²) in [6.45, 7) is 4.27. The van der Waals surface area contributed by atoms with Crippen molar-refractivity contribution in [2.45, 2.75) is 39.3 Å². The molecule has 12 heteroatoms. The van der Waals surface area contributed by atoms with Gasteiger partial charge in [-0.05, 0) is 44.5 Å². The average Bonchev–Trinajstić information content (AvgIpc) is 3.24. The number of nitrogens with one attached hydrogen (secondary N) is 2. The summed E-state index contributed by atoms with van der Waals surface area (Å²) < 4.78 is 9.94. The first-order chi connectivity index (χ1) is 17.2. The molecule has 3 rings (SSSR count). The fourth-order valence-corrected chi connectivity index (χ4v) is 3.71. The summed E-state index contributed by atoms with van der Waals surface area (Å²) in [4.78, 5) is 50.0. The van der Waals surface area contributed by atoms with Crippen LogP contribution in [0.3, 0.4) is 0 Å². The number of ether oxygens (including phenoxy) is 2. The molecule has 2 aromatic heterocycles. The monoisotopic (exact) mass is 497 g/mol. The second kappa shape index (κ2) is 11.9. The molecule has 0 aliphatic heterocycles. The summed E-state index contributed by atoms with van der Waals surface area (Å²) in [5, 5.41) is 3.36. The van der Waals surface area contributed by atoms with E-state index in [1.807, 2.05) is 11.9 Å². The number of H-pyrrole nitrogens is 1. The molecule has 0 aliphatic carbocycles. The number of amides is 1. The maximum Gasteiger partial charge on any atom is 0.328 e. The maximum atomic E-state index is 12.8. The third-order valence-corrected chi connectivity index (χ3v) is 5.46. The van der Waals surface area contributed by atoms with Crippen LogP contribution in [0.25, 0.3) is 11.0 Å². The number of anilines is 3. The van der Waals surface area contributed by atoms with E-state index in [2.05, 4.69) is 20.3 Å². The van der Waals surface area contributed by atoms with Crippen LogP contribution in [0.15, 0.2) is 30.5 Å². The Morgan fingerprint density at radius 3 is 2.44 bits per heavy atom. The lowest BCUT2D eigenvalue weighted by Gasteiger charge is -2.20. The van der Waals surface area contributed by atoms with Crippen LogP contribution in [-0.2, 0) is 25.6 Å². The number of aromatic nitrogens is 3. The Bertz CT molecular complexity index is 1230. The molecule has 0 saturated heterocycles. The fourth-order valence-electron chi connectivity index (χ4n) is 3.71. The van der Waals surface area contributed by atoms with Crippen LogP contribution < -0.4 is 21.7 Å². The maximum absolute atomic E-state index is 12.8. The van der Waals surface area contributed by atoms with Crippen LogP contribution in [-0.4, -0.2) is 59.1 Å². The van der Waals surface area contributed by atoms with E-state index in [-0.39, 0.29) is 32.0 Å². The lowest BCUT2D eigenvalue weighted by atomic mass is 10.1. The molecule has 36 heavy (non-hydrogen) atoms. The molecule has 0 aliphatic rings. The van der Waals surface area contributed by atoms with Crippen molar-refractivity contribution in [1.29, 1.82) is 0 Å². The third-order valence-electron chi connectivity index (χ3n) is 5.46. The summed E-state index contributed by atoms with van der Waals surface area (Å²) in [6.07, 6.45) is 1.87. The first-order valence-electron chi connectivity index (χ1n) is 11.6. The van der Waals surface area contributed by atoms with Gasteiger partial charge in [0, 0.05) is 43.0 Å². The van der Waals surface area contributed by atoms with E-state index < -0.39 is 23.9 Å². The zero-order valence-electron chi connectivity index (χ0n) is 20.5. The van der Waals surface area contributed by atoms with E-state index in [1.165, 1.54) is 0 Å². The van der Waals surface area contributed by atoms with E-state index >= 15 is 0 Å². The van der Waals surface area contributed by atoms with Crippen molar-refractivity contribution in [3.63, 3.8) is 0 Å². The van der Waals surface area contributed by atoms with Crippen molar-refractivity contribution in [2.75, 3.05) is 36.6 Å². The van der Waals surface area contributed by atoms with Gasteiger partial charge in [-0.2, -0.15) is 9.97 Å². The highest BCUT2D eigenvalue weighted by atomic mass is 16.5. The molecule has 0 fully saturated rings. The number of nitrogens with zero attached hydrogens (tertiary/aromatic N) is 3. The van der Waals surface area contributed by atoms with Crippen molar-refractivity contribution < 1.29 is 23.9 Å². The van der Waals surface area contributed by atoms with Crippen LogP contribution in [0, 0.1) is 0 Å². The van der Waals surface area contributed by atoms with E-state index in [0.717, 1.165) is 11.3 Å². The second-order valence-electron chi connectivity index (χ2n) is 8.03. The minimum absolute atomic E-state index is 0.0166. The fraction of sp³-hybridized carbons (Fsp3) is 0.375. The number of rotatable bonds is 11. The lowest BCUT2D eigenvalue weighted by Crippen LogP contribution is -2.42. The molecule has 0 radical (unpaired) electrons. The van der Waals surface area contributed by atoms with Gasteiger partial charge in [0.25, 0.3) is 5.91 Å². The van der Waals surface area contributed by atoms with Crippen molar-refractivity contribution in [1.82, 2.24) is 20.3 Å². The average molecular weight is 498 g/mol. The van der Waals surface area contributed by atoms with Gasteiger partial charge in [0.15, 0.2) is 0 Å². The van der Waals surface area contributed by atoms with Crippen LogP contribution in [0.1, 0.15) is 42.6 Å². The Morgan fingerprint density at radius 2 is 1.78 bits per heavy atom. The van der Waals surface area contributed by atoms with Gasteiger partial charge in [-0.1, -0.05) is 0 Å².